The highest BCUT2D eigenvalue weighted by atomic mass is 35.5. The van der Waals surface area contributed by atoms with Crippen LogP contribution >= 0.6 is 11.6 Å². The number of rotatable bonds is 3. The van der Waals surface area contributed by atoms with E-state index in [2.05, 4.69) is 5.32 Å². The molecule has 7 nitrogen and oxygen atoms in total. The standard InChI is InChI=1S/C15H18ClN3O4S/c1-2-19-13(20)15(17-14(19)21)6-8-18(9-7-15)24(22,23)12-5-3-4-11(16)10-12/h3-5,10H,2,6-9H2,1H3,(H,17,21). The van der Waals surface area contributed by atoms with Gasteiger partial charge in [-0.2, -0.15) is 4.31 Å². The molecule has 2 fully saturated rings. The van der Waals surface area contributed by atoms with Crippen molar-refractivity contribution in [2.45, 2.75) is 30.2 Å². The molecule has 2 aliphatic heterocycles. The van der Waals surface area contributed by atoms with Gasteiger partial charge in [-0.3, -0.25) is 9.69 Å². The first-order chi connectivity index (χ1) is 11.3. The molecule has 0 aliphatic carbocycles. The van der Waals surface area contributed by atoms with Crippen LogP contribution in [0.1, 0.15) is 19.8 Å². The number of piperidine rings is 1. The van der Waals surface area contributed by atoms with Crippen LogP contribution in [0.15, 0.2) is 29.2 Å². The third kappa shape index (κ3) is 2.68. The minimum absolute atomic E-state index is 0.128. The maximum atomic E-state index is 12.7. The molecule has 1 aromatic rings. The van der Waals surface area contributed by atoms with Gasteiger partial charge in [0.05, 0.1) is 4.90 Å². The zero-order valence-electron chi connectivity index (χ0n) is 13.2. The average molecular weight is 372 g/mol. The van der Waals surface area contributed by atoms with E-state index < -0.39 is 21.6 Å². The monoisotopic (exact) mass is 371 g/mol. The lowest BCUT2D eigenvalue weighted by Crippen LogP contribution is -2.55. The van der Waals surface area contributed by atoms with E-state index in [4.69, 9.17) is 11.6 Å². The van der Waals surface area contributed by atoms with Gasteiger partial charge in [0.25, 0.3) is 5.91 Å². The molecule has 0 bridgehead atoms. The second-order valence-corrected chi connectivity index (χ2v) is 8.30. The molecule has 9 heteroatoms. The van der Waals surface area contributed by atoms with E-state index in [0.29, 0.717) is 11.6 Å². The molecule has 3 rings (SSSR count). The lowest BCUT2D eigenvalue weighted by atomic mass is 9.88. The van der Waals surface area contributed by atoms with Crippen LogP contribution in [0.2, 0.25) is 5.02 Å². The van der Waals surface area contributed by atoms with E-state index in [9.17, 15) is 18.0 Å². The first kappa shape index (κ1) is 17.2. The first-order valence-corrected chi connectivity index (χ1v) is 9.52. The number of amides is 3. The van der Waals surface area contributed by atoms with Gasteiger partial charge in [-0.15, -0.1) is 0 Å². The summed E-state index contributed by atoms with van der Waals surface area (Å²) in [6.45, 7) is 2.36. The first-order valence-electron chi connectivity index (χ1n) is 7.70. The Morgan fingerprint density at radius 2 is 1.92 bits per heavy atom. The van der Waals surface area contributed by atoms with Crippen LogP contribution in [0.4, 0.5) is 4.79 Å². The quantitative estimate of drug-likeness (QED) is 0.814. The molecular formula is C15H18ClN3O4S. The third-order valence-corrected chi connectivity index (χ3v) is 6.70. The van der Waals surface area contributed by atoms with Crippen LogP contribution in [0, 0.1) is 0 Å². The van der Waals surface area contributed by atoms with Crippen LogP contribution in [0.5, 0.6) is 0 Å². The van der Waals surface area contributed by atoms with Crippen molar-refractivity contribution in [1.82, 2.24) is 14.5 Å². The Balaban J connectivity index is 1.78. The van der Waals surface area contributed by atoms with E-state index in [1.807, 2.05) is 0 Å². The summed E-state index contributed by atoms with van der Waals surface area (Å²) < 4.78 is 26.7. The summed E-state index contributed by atoms with van der Waals surface area (Å²) >= 11 is 5.87. The second kappa shape index (κ2) is 6.02. The van der Waals surface area contributed by atoms with Crippen LogP contribution < -0.4 is 5.32 Å². The molecule has 3 amide bonds. The van der Waals surface area contributed by atoms with Crippen molar-refractivity contribution in [3.8, 4) is 0 Å². The fraction of sp³-hybridized carbons (Fsp3) is 0.467. The van der Waals surface area contributed by atoms with Gasteiger partial charge in [0.1, 0.15) is 5.54 Å². The van der Waals surface area contributed by atoms with E-state index in [1.54, 1.807) is 19.1 Å². The molecule has 1 spiro atoms. The molecule has 24 heavy (non-hydrogen) atoms. The van der Waals surface area contributed by atoms with Gasteiger partial charge < -0.3 is 5.32 Å². The summed E-state index contributed by atoms with van der Waals surface area (Å²) in [6.07, 6.45) is 0.516. The lowest BCUT2D eigenvalue weighted by molar-refractivity contribution is -0.132. The number of halogens is 1. The highest BCUT2D eigenvalue weighted by molar-refractivity contribution is 7.89. The summed E-state index contributed by atoms with van der Waals surface area (Å²) in [7, 11) is -3.67. The number of hydrogen-bond acceptors (Lipinski definition) is 4. The minimum atomic E-state index is -3.67. The highest BCUT2D eigenvalue weighted by Gasteiger charge is 2.52. The van der Waals surface area contributed by atoms with Crippen molar-refractivity contribution in [3.05, 3.63) is 29.3 Å². The number of nitrogens with zero attached hydrogens (tertiary/aromatic N) is 2. The predicted molar refractivity (Wildman–Crippen MR) is 88.1 cm³/mol. The Morgan fingerprint density at radius 3 is 2.46 bits per heavy atom. The fourth-order valence-electron chi connectivity index (χ4n) is 3.19. The number of imide groups is 1. The number of benzene rings is 1. The van der Waals surface area contributed by atoms with Crippen molar-refractivity contribution >= 4 is 33.6 Å². The van der Waals surface area contributed by atoms with E-state index in [0.717, 1.165) is 0 Å². The largest absolute Gasteiger partial charge is 0.325 e. The zero-order valence-corrected chi connectivity index (χ0v) is 14.7. The number of nitrogens with one attached hydrogen (secondary N) is 1. The van der Waals surface area contributed by atoms with Gasteiger partial charge in [-0.25, -0.2) is 13.2 Å². The molecule has 2 saturated heterocycles. The molecule has 2 aliphatic rings. The van der Waals surface area contributed by atoms with Gasteiger partial charge in [0.15, 0.2) is 0 Å². The lowest BCUT2D eigenvalue weighted by Gasteiger charge is -2.36. The van der Waals surface area contributed by atoms with Gasteiger partial charge in [0.2, 0.25) is 10.0 Å². The van der Waals surface area contributed by atoms with Gasteiger partial charge >= 0.3 is 6.03 Å². The number of carbonyl (C=O) groups excluding carboxylic acids is 2. The topological polar surface area (TPSA) is 86.8 Å². The Morgan fingerprint density at radius 1 is 1.25 bits per heavy atom. The summed E-state index contributed by atoms with van der Waals surface area (Å²) in [4.78, 5) is 25.6. The Hall–Kier alpha value is -1.64. The van der Waals surface area contributed by atoms with Crippen molar-refractivity contribution in [1.29, 1.82) is 0 Å². The van der Waals surface area contributed by atoms with Gasteiger partial charge in [-0.05, 0) is 38.0 Å². The van der Waals surface area contributed by atoms with Crippen LogP contribution in [0.3, 0.4) is 0 Å². The Kier molecular flexibility index (Phi) is 4.31. The van der Waals surface area contributed by atoms with E-state index >= 15 is 0 Å². The second-order valence-electron chi connectivity index (χ2n) is 5.92. The summed E-state index contributed by atoms with van der Waals surface area (Å²) in [6, 6.07) is 5.68. The van der Waals surface area contributed by atoms with E-state index in [1.165, 1.54) is 21.3 Å². The predicted octanol–water partition coefficient (Wildman–Crippen LogP) is 1.43. The number of carbonyl (C=O) groups is 2. The summed E-state index contributed by atoms with van der Waals surface area (Å²) in [5.41, 5.74) is -0.979. The van der Waals surface area contributed by atoms with Crippen molar-refractivity contribution in [3.63, 3.8) is 0 Å². The highest BCUT2D eigenvalue weighted by Crippen LogP contribution is 2.32. The number of likely N-dealkylation sites (N-methyl/N-ethyl adjacent to an activating group) is 1. The normalized spacial score (nSPS) is 21.3. The maximum absolute atomic E-state index is 12.7. The van der Waals surface area contributed by atoms with Gasteiger partial charge in [0, 0.05) is 24.7 Å². The Labute approximate surface area is 145 Å². The smallest absolute Gasteiger partial charge is 0.323 e. The van der Waals surface area contributed by atoms with Crippen molar-refractivity contribution in [2.75, 3.05) is 19.6 Å². The molecule has 0 saturated carbocycles. The molecule has 2 heterocycles. The van der Waals surface area contributed by atoms with E-state index in [-0.39, 0.29) is 36.7 Å². The van der Waals surface area contributed by atoms with Crippen molar-refractivity contribution in [2.24, 2.45) is 0 Å². The number of hydrogen-bond donors (Lipinski definition) is 1. The molecule has 130 valence electrons. The number of sulfonamides is 1. The fourth-order valence-corrected chi connectivity index (χ4v) is 4.93. The molecule has 0 unspecified atom stereocenters. The third-order valence-electron chi connectivity index (χ3n) is 4.57. The zero-order chi connectivity index (χ0) is 17.5. The molecule has 1 aromatic carbocycles. The van der Waals surface area contributed by atoms with Gasteiger partial charge in [-0.1, -0.05) is 17.7 Å². The molecule has 0 aromatic heterocycles. The minimum Gasteiger partial charge on any atom is -0.323 e. The average Bonchev–Trinajstić information content (AvgIpc) is 2.78. The summed E-state index contributed by atoms with van der Waals surface area (Å²) in [5, 5.41) is 3.08. The molecule has 0 radical (unpaired) electrons. The van der Waals surface area contributed by atoms with Crippen LogP contribution in [-0.2, 0) is 14.8 Å². The molecule has 1 N–H and O–H groups in total. The number of urea groups is 1. The SMILES string of the molecule is CCN1C(=O)NC2(CCN(S(=O)(=O)c3cccc(Cl)c3)CC2)C1=O. The molecular weight excluding hydrogens is 354 g/mol. The van der Waals surface area contributed by atoms with Crippen LogP contribution in [-0.4, -0.2) is 54.7 Å². The van der Waals surface area contributed by atoms with Crippen LogP contribution in [0.25, 0.3) is 0 Å². The Bertz CT molecular complexity index is 788. The maximum Gasteiger partial charge on any atom is 0.325 e. The molecule has 0 atom stereocenters. The summed E-state index contributed by atoms with van der Waals surface area (Å²) in [5.74, 6) is -0.269. The van der Waals surface area contributed by atoms with Crippen molar-refractivity contribution < 1.29 is 18.0 Å².